The van der Waals surface area contributed by atoms with Gasteiger partial charge in [0.2, 0.25) is 0 Å². The standard InChI is InChI=1S/C21H19N5O2/c1-25-19-18(20(27)26(2)21(25)28)22-13-16(24-19)23-17(14-9-5-3-6-10-14)15-11-7-4-8-12-15/h3-13,17H,1-2H3,(H,23,24). The third-order valence-corrected chi connectivity index (χ3v) is 4.71. The smallest absolute Gasteiger partial charge is 0.332 e. The molecule has 4 aromatic rings. The Morgan fingerprint density at radius 1 is 0.857 bits per heavy atom. The first-order valence-electron chi connectivity index (χ1n) is 8.85. The van der Waals surface area contributed by atoms with Crippen LogP contribution >= 0.6 is 0 Å². The van der Waals surface area contributed by atoms with Gasteiger partial charge in [-0.2, -0.15) is 0 Å². The molecule has 0 aliphatic carbocycles. The molecule has 7 nitrogen and oxygen atoms in total. The van der Waals surface area contributed by atoms with Crippen molar-refractivity contribution in [3.05, 3.63) is 98.8 Å². The van der Waals surface area contributed by atoms with Gasteiger partial charge in [0.15, 0.2) is 11.2 Å². The lowest BCUT2D eigenvalue weighted by Gasteiger charge is -2.20. The number of benzene rings is 2. The zero-order valence-corrected chi connectivity index (χ0v) is 15.5. The van der Waals surface area contributed by atoms with Crippen molar-refractivity contribution >= 4 is 17.0 Å². The quantitative estimate of drug-likeness (QED) is 0.593. The predicted octanol–water partition coefficient (Wildman–Crippen LogP) is 2.23. The molecule has 0 amide bonds. The molecule has 1 N–H and O–H groups in total. The summed E-state index contributed by atoms with van der Waals surface area (Å²) >= 11 is 0. The molecule has 0 saturated heterocycles. The largest absolute Gasteiger partial charge is 0.358 e. The minimum absolute atomic E-state index is 0.155. The van der Waals surface area contributed by atoms with Crippen LogP contribution in [0.1, 0.15) is 17.2 Å². The molecule has 0 aliphatic rings. The van der Waals surface area contributed by atoms with Crippen molar-refractivity contribution in [2.24, 2.45) is 14.1 Å². The number of nitrogens with one attached hydrogen (secondary N) is 1. The highest BCUT2D eigenvalue weighted by molar-refractivity contribution is 5.70. The van der Waals surface area contributed by atoms with E-state index < -0.39 is 11.2 Å². The highest BCUT2D eigenvalue weighted by Gasteiger charge is 2.16. The van der Waals surface area contributed by atoms with Crippen LogP contribution in [0.2, 0.25) is 0 Å². The Balaban J connectivity index is 1.82. The first kappa shape index (κ1) is 17.7. The number of hydrogen-bond donors (Lipinski definition) is 1. The number of nitrogens with zero attached hydrogens (tertiary/aromatic N) is 4. The maximum Gasteiger partial charge on any atom is 0.332 e. The van der Waals surface area contributed by atoms with Gasteiger partial charge in [0.1, 0.15) is 5.82 Å². The average Bonchev–Trinajstić information content (AvgIpc) is 2.75. The van der Waals surface area contributed by atoms with E-state index in [1.165, 1.54) is 17.8 Å². The van der Waals surface area contributed by atoms with E-state index in [0.717, 1.165) is 15.7 Å². The van der Waals surface area contributed by atoms with Crippen molar-refractivity contribution in [3.63, 3.8) is 0 Å². The van der Waals surface area contributed by atoms with Gasteiger partial charge in [-0.3, -0.25) is 13.9 Å². The Hall–Kier alpha value is -3.74. The van der Waals surface area contributed by atoms with Crippen LogP contribution in [0, 0.1) is 0 Å². The molecule has 28 heavy (non-hydrogen) atoms. The number of aryl methyl sites for hydroxylation is 1. The van der Waals surface area contributed by atoms with Crippen LogP contribution in [0.4, 0.5) is 5.82 Å². The molecule has 0 bridgehead atoms. The van der Waals surface area contributed by atoms with E-state index in [4.69, 9.17) is 0 Å². The summed E-state index contributed by atoms with van der Waals surface area (Å²) in [6, 6.07) is 19.8. The van der Waals surface area contributed by atoms with E-state index in [2.05, 4.69) is 15.3 Å². The maximum atomic E-state index is 12.3. The molecule has 7 heteroatoms. The number of aromatic nitrogens is 4. The van der Waals surface area contributed by atoms with E-state index in [1.807, 2.05) is 60.7 Å². The average molecular weight is 373 g/mol. The lowest BCUT2D eigenvalue weighted by molar-refractivity contribution is 0.704. The van der Waals surface area contributed by atoms with Gasteiger partial charge in [-0.15, -0.1) is 0 Å². The van der Waals surface area contributed by atoms with Gasteiger partial charge >= 0.3 is 5.69 Å². The molecule has 2 heterocycles. The molecule has 0 spiro atoms. The number of fused-ring (bicyclic) bond motifs is 1. The molecular formula is C21H19N5O2. The SMILES string of the molecule is Cn1c(=O)c2ncc(NC(c3ccccc3)c3ccccc3)nc2n(C)c1=O. The Morgan fingerprint density at radius 3 is 2.00 bits per heavy atom. The second-order valence-corrected chi connectivity index (χ2v) is 6.53. The van der Waals surface area contributed by atoms with Crippen molar-refractivity contribution in [3.8, 4) is 0 Å². The topological polar surface area (TPSA) is 81.8 Å². The minimum Gasteiger partial charge on any atom is -0.358 e. The Kier molecular flexibility index (Phi) is 4.49. The summed E-state index contributed by atoms with van der Waals surface area (Å²) in [5.74, 6) is 0.480. The maximum absolute atomic E-state index is 12.3. The van der Waals surface area contributed by atoms with Crippen LogP contribution in [0.25, 0.3) is 11.2 Å². The summed E-state index contributed by atoms with van der Waals surface area (Å²) < 4.78 is 2.36. The van der Waals surface area contributed by atoms with E-state index in [9.17, 15) is 9.59 Å². The molecule has 0 saturated carbocycles. The van der Waals surface area contributed by atoms with Crippen LogP contribution in [-0.4, -0.2) is 19.1 Å². The molecule has 0 atom stereocenters. The van der Waals surface area contributed by atoms with E-state index in [-0.39, 0.29) is 17.2 Å². The van der Waals surface area contributed by atoms with E-state index in [0.29, 0.717) is 5.82 Å². The van der Waals surface area contributed by atoms with Gasteiger partial charge in [0.25, 0.3) is 5.56 Å². The van der Waals surface area contributed by atoms with Crippen LogP contribution in [0.5, 0.6) is 0 Å². The normalized spacial score (nSPS) is 11.1. The monoisotopic (exact) mass is 373 g/mol. The Morgan fingerprint density at radius 2 is 1.43 bits per heavy atom. The van der Waals surface area contributed by atoms with Crippen molar-refractivity contribution < 1.29 is 0 Å². The summed E-state index contributed by atoms with van der Waals surface area (Å²) in [5, 5.41) is 3.39. The van der Waals surface area contributed by atoms with Gasteiger partial charge in [-0.1, -0.05) is 60.7 Å². The number of hydrogen-bond acceptors (Lipinski definition) is 5. The van der Waals surface area contributed by atoms with Gasteiger partial charge in [-0.05, 0) is 11.1 Å². The first-order valence-corrected chi connectivity index (χ1v) is 8.85. The summed E-state index contributed by atoms with van der Waals surface area (Å²) in [4.78, 5) is 33.3. The van der Waals surface area contributed by atoms with Gasteiger partial charge in [0.05, 0.1) is 12.2 Å². The molecule has 4 rings (SSSR count). The second-order valence-electron chi connectivity index (χ2n) is 6.53. The number of rotatable bonds is 4. The van der Waals surface area contributed by atoms with Gasteiger partial charge in [0, 0.05) is 14.1 Å². The Bertz CT molecular complexity index is 1210. The van der Waals surface area contributed by atoms with E-state index >= 15 is 0 Å². The molecule has 0 aliphatic heterocycles. The highest BCUT2D eigenvalue weighted by Crippen LogP contribution is 2.25. The molecule has 2 aromatic heterocycles. The van der Waals surface area contributed by atoms with Crippen LogP contribution in [-0.2, 0) is 14.1 Å². The minimum atomic E-state index is -0.459. The molecule has 140 valence electrons. The second kappa shape index (κ2) is 7.11. The zero-order chi connectivity index (χ0) is 19.7. The highest BCUT2D eigenvalue weighted by atomic mass is 16.2. The summed E-state index contributed by atoms with van der Waals surface area (Å²) in [7, 11) is 3.01. The van der Waals surface area contributed by atoms with Crippen LogP contribution < -0.4 is 16.6 Å². The third-order valence-electron chi connectivity index (χ3n) is 4.71. The molecule has 0 fully saturated rings. The summed E-state index contributed by atoms with van der Waals surface area (Å²) in [6.07, 6.45) is 1.52. The summed E-state index contributed by atoms with van der Waals surface area (Å²) in [5.41, 5.74) is 1.64. The van der Waals surface area contributed by atoms with Gasteiger partial charge in [-0.25, -0.2) is 14.8 Å². The molecular weight excluding hydrogens is 354 g/mol. The predicted molar refractivity (Wildman–Crippen MR) is 108 cm³/mol. The van der Waals surface area contributed by atoms with Crippen molar-refractivity contribution in [2.75, 3.05) is 5.32 Å². The number of anilines is 1. The lowest BCUT2D eigenvalue weighted by Crippen LogP contribution is -2.37. The van der Waals surface area contributed by atoms with Crippen molar-refractivity contribution in [1.29, 1.82) is 0 Å². The first-order chi connectivity index (χ1) is 13.6. The molecule has 0 unspecified atom stereocenters. The Labute approximate surface area is 160 Å². The van der Waals surface area contributed by atoms with Crippen LogP contribution in [0.15, 0.2) is 76.4 Å². The molecule has 0 radical (unpaired) electrons. The fourth-order valence-corrected chi connectivity index (χ4v) is 3.19. The van der Waals surface area contributed by atoms with E-state index in [1.54, 1.807) is 7.05 Å². The molecule has 2 aromatic carbocycles. The van der Waals surface area contributed by atoms with Crippen molar-refractivity contribution in [2.45, 2.75) is 6.04 Å². The lowest BCUT2D eigenvalue weighted by atomic mass is 9.99. The fourth-order valence-electron chi connectivity index (χ4n) is 3.19. The zero-order valence-electron chi connectivity index (χ0n) is 15.5. The fraction of sp³-hybridized carbons (Fsp3) is 0.143. The summed E-state index contributed by atoms with van der Waals surface area (Å²) in [6.45, 7) is 0. The van der Waals surface area contributed by atoms with Crippen LogP contribution in [0.3, 0.4) is 0 Å². The van der Waals surface area contributed by atoms with Crippen molar-refractivity contribution in [1.82, 2.24) is 19.1 Å². The van der Waals surface area contributed by atoms with Gasteiger partial charge < -0.3 is 5.32 Å². The third kappa shape index (κ3) is 3.07.